The molecule has 5 nitrogen and oxygen atoms in total. The first kappa shape index (κ1) is 14.3. The van der Waals surface area contributed by atoms with Crippen molar-refractivity contribution in [2.24, 2.45) is 0 Å². The fourth-order valence-corrected chi connectivity index (χ4v) is 1.37. The number of amides is 1. The highest BCUT2D eigenvalue weighted by molar-refractivity contribution is 5.76. The summed E-state index contributed by atoms with van der Waals surface area (Å²) in [4.78, 5) is 13.5. The Morgan fingerprint density at radius 3 is 2.78 bits per heavy atom. The minimum atomic E-state index is -0.00801. The largest absolute Gasteiger partial charge is 0.491 e. The summed E-state index contributed by atoms with van der Waals surface area (Å²) in [6, 6.07) is 7.25. The maximum Gasteiger partial charge on any atom is 0.223 e. The van der Waals surface area contributed by atoms with E-state index in [1.807, 2.05) is 31.1 Å². The van der Waals surface area contributed by atoms with Gasteiger partial charge in [-0.3, -0.25) is 4.79 Å². The van der Waals surface area contributed by atoms with Gasteiger partial charge in [0.15, 0.2) is 0 Å². The number of nitrogens with zero attached hydrogens (tertiary/aromatic N) is 1. The summed E-state index contributed by atoms with van der Waals surface area (Å²) in [6.07, 6.45) is 0.335. The lowest BCUT2D eigenvalue weighted by Gasteiger charge is -2.11. The number of benzene rings is 1. The zero-order valence-electron chi connectivity index (χ0n) is 11.0. The van der Waals surface area contributed by atoms with Crippen molar-refractivity contribution >= 4 is 11.6 Å². The Bertz CT molecular complexity index is 380. The second kappa shape index (κ2) is 7.55. The first-order valence-corrected chi connectivity index (χ1v) is 5.98. The van der Waals surface area contributed by atoms with Crippen molar-refractivity contribution in [3.05, 3.63) is 24.3 Å². The molecule has 5 heteroatoms. The summed E-state index contributed by atoms with van der Waals surface area (Å²) in [5.41, 5.74) is 6.31. The highest BCUT2D eigenvalue weighted by Crippen LogP contribution is 2.19. The summed E-state index contributed by atoms with van der Waals surface area (Å²) >= 11 is 0. The Kier molecular flexibility index (Phi) is 6.00. The first-order valence-electron chi connectivity index (χ1n) is 5.98. The molecule has 0 fully saturated rings. The Morgan fingerprint density at radius 2 is 2.11 bits per heavy atom. The molecular weight excluding hydrogens is 230 g/mol. The number of anilines is 1. The fourth-order valence-electron chi connectivity index (χ4n) is 1.37. The van der Waals surface area contributed by atoms with Crippen molar-refractivity contribution in [2.45, 2.75) is 6.42 Å². The van der Waals surface area contributed by atoms with Gasteiger partial charge in [0, 0.05) is 13.1 Å². The van der Waals surface area contributed by atoms with Gasteiger partial charge >= 0.3 is 0 Å². The summed E-state index contributed by atoms with van der Waals surface area (Å²) in [6.45, 7) is 1.82. The van der Waals surface area contributed by atoms with E-state index in [1.54, 1.807) is 12.1 Å². The van der Waals surface area contributed by atoms with E-state index < -0.39 is 0 Å². The van der Waals surface area contributed by atoms with Crippen LogP contribution in [0.25, 0.3) is 0 Å². The summed E-state index contributed by atoms with van der Waals surface area (Å²) < 4.78 is 5.44. The quantitative estimate of drug-likeness (QED) is 0.701. The lowest BCUT2D eigenvalue weighted by Crippen LogP contribution is -2.32. The Morgan fingerprint density at radius 1 is 1.39 bits per heavy atom. The minimum absolute atomic E-state index is 0.00801. The van der Waals surface area contributed by atoms with E-state index in [2.05, 4.69) is 5.32 Å². The molecule has 1 aromatic carbocycles. The number of carbonyl (C=O) groups excluding carboxylic acids is 1. The number of carbonyl (C=O) groups is 1. The van der Waals surface area contributed by atoms with Crippen LogP contribution in [0.15, 0.2) is 24.3 Å². The average Bonchev–Trinajstić information content (AvgIpc) is 2.31. The van der Waals surface area contributed by atoms with Gasteiger partial charge in [-0.2, -0.15) is 0 Å². The third-order valence-electron chi connectivity index (χ3n) is 2.39. The van der Waals surface area contributed by atoms with Gasteiger partial charge in [0.25, 0.3) is 0 Å². The number of ether oxygens (including phenoxy) is 1. The lowest BCUT2D eigenvalue weighted by atomic mass is 10.3. The van der Waals surface area contributed by atoms with Gasteiger partial charge in [0.1, 0.15) is 5.75 Å². The monoisotopic (exact) mass is 251 g/mol. The van der Waals surface area contributed by atoms with E-state index in [0.717, 1.165) is 6.54 Å². The molecule has 1 rings (SSSR count). The number of likely N-dealkylation sites (N-methyl/N-ethyl adjacent to an activating group) is 1. The molecule has 0 aromatic heterocycles. The van der Waals surface area contributed by atoms with Crippen LogP contribution in [-0.4, -0.2) is 44.6 Å². The van der Waals surface area contributed by atoms with Crippen molar-refractivity contribution in [1.82, 2.24) is 10.2 Å². The van der Waals surface area contributed by atoms with E-state index in [1.165, 1.54) is 0 Å². The minimum Gasteiger partial charge on any atom is -0.491 e. The van der Waals surface area contributed by atoms with Gasteiger partial charge in [0.2, 0.25) is 5.91 Å². The lowest BCUT2D eigenvalue weighted by molar-refractivity contribution is -0.121. The fraction of sp³-hybridized carbons (Fsp3) is 0.462. The topological polar surface area (TPSA) is 67.6 Å². The average molecular weight is 251 g/mol. The van der Waals surface area contributed by atoms with Crippen molar-refractivity contribution in [2.75, 3.05) is 39.5 Å². The van der Waals surface area contributed by atoms with Crippen LogP contribution in [0.4, 0.5) is 5.69 Å². The van der Waals surface area contributed by atoms with Gasteiger partial charge in [-0.25, -0.2) is 0 Å². The van der Waals surface area contributed by atoms with Crippen molar-refractivity contribution < 1.29 is 9.53 Å². The van der Waals surface area contributed by atoms with Gasteiger partial charge in [0.05, 0.1) is 18.7 Å². The molecule has 1 amide bonds. The van der Waals surface area contributed by atoms with Crippen LogP contribution in [0.1, 0.15) is 6.42 Å². The van der Waals surface area contributed by atoms with Crippen molar-refractivity contribution in [3.63, 3.8) is 0 Å². The Hall–Kier alpha value is -1.75. The maximum absolute atomic E-state index is 11.5. The Balaban J connectivity index is 2.18. The molecule has 0 radical (unpaired) electrons. The smallest absolute Gasteiger partial charge is 0.223 e. The molecule has 0 aliphatic carbocycles. The molecular formula is C13H21N3O2. The highest BCUT2D eigenvalue weighted by atomic mass is 16.5. The number of nitrogens with one attached hydrogen (secondary N) is 1. The number of para-hydroxylation sites is 2. The van der Waals surface area contributed by atoms with Crippen molar-refractivity contribution in [3.8, 4) is 5.75 Å². The van der Waals surface area contributed by atoms with Gasteiger partial charge in [-0.1, -0.05) is 12.1 Å². The molecule has 0 spiro atoms. The summed E-state index contributed by atoms with van der Waals surface area (Å²) in [5.74, 6) is 0.616. The van der Waals surface area contributed by atoms with Gasteiger partial charge < -0.3 is 20.7 Å². The maximum atomic E-state index is 11.5. The molecule has 0 unspecified atom stereocenters. The standard InChI is InChI=1S/C13H21N3O2/c1-16(2)9-8-15-13(17)7-10-18-12-6-4-3-5-11(12)14/h3-6H,7-10,14H2,1-2H3,(H,15,17). The van der Waals surface area contributed by atoms with Crippen LogP contribution < -0.4 is 15.8 Å². The van der Waals surface area contributed by atoms with E-state index in [9.17, 15) is 4.79 Å². The first-order chi connectivity index (χ1) is 8.59. The molecule has 0 saturated heterocycles. The number of rotatable bonds is 7. The molecule has 18 heavy (non-hydrogen) atoms. The Labute approximate surface area is 108 Å². The second-order valence-electron chi connectivity index (χ2n) is 4.29. The molecule has 3 N–H and O–H groups in total. The molecule has 0 aliphatic rings. The number of nitrogen functional groups attached to an aromatic ring is 1. The summed E-state index contributed by atoms with van der Waals surface area (Å²) in [7, 11) is 3.93. The van der Waals surface area contributed by atoms with Crippen LogP contribution in [0, 0.1) is 0 Å². The van der Waals surface area contributed by atoms with E-state index in [0.29, 0.717) is 31.0 Å². The van der Waals surface area contributed by atoms with Crippen LogP contribution in [0.2, 0.25) is 0 Å². The number of hydrogen-bond acceptors (Lipinski definition) is 4. The summed E-state index contributed by atoms with van der Waals surface area (Å²) in [5, 5.41) is 2.82. The number of hydrogen-bond donors (Lipinski definition) is 2. The van der Waals surface area contributed by atoms with Crippen LogP contribution in [0.3, 0.4) is 0 Å². The molecule has 100 valence electrons. The van der Waals surface area contributed by atoms with Crippen LogP contribution in [0.5, 0.6) is 5.75 Å². The van der Waals surface area contributed by atoms with E-state index in [-0.39, 0.29) is 5.91 Å². The second-order valence-corrected chi connectivity index (χ2v) is 4.29. The predicted octanol–water partition coefficient (Wildman–Crippen LogP) is 0.715. The zero-order chi connectivity index (χ0) is 13.4. The van der Waals surface area contributed by atoms with E-state index in [4.69, 9.17) is 10.5 Å². The molecule has 0 aliphatic heterocycles. The molecule has 0 saturated carbocycles. The van der Waals surface area contributed by atoms with Crippen LogP contribution >= 0.6 is 0 Å². The normalized spacial score (nSPS) is 10.4. The molecule has 1 aromatic rings. The van der Waals surface area contributed by atoms with E-state index >= 15 is 0 Å². The van der Waals surface area contributed by atoms with Crippen molar-refractivity contribution in [1.29, 1.82) is 0 Å². The highest BCUT2D eigenvalue weighted by Gasteiger charge is 2.03. The van der Waals surface area contributed by atoms with Gasteiger partial charge in [-0.05, 0) is 26.2 Å². The SMILES string of the molecule is CN(C)CCNC(=O)CCOc1ccccc1N. The molecule has 0 atom stereocenters. The zero-order valence-corrected chi connectivity index (χ0v) is 11.0. The molecule has 0 bridgehead atoms. The van der Waals surface area contributed by atoms with Gasteiger partial charge in [-0.15, -0.1) is 0 Å². The third-order valence-corrected chi connectivity index (χ3v) is 2.39. The predicted molar refractivity (Wildman–Crippen MR) is 72.5 cm³/mol. The number of nitrogens with two attached hydrogens (primary N) is 1. The van der Waals surface area contributed by atoms with Crippen LogP contribution in [-0.2, 0) is 4.79 Å². The molecule has 0 heterocycles. The third kappa shape index (κ3) is 5.54.